The Morgan fingerprint density at radius 1 is 1.33 bits per heavy atom. The lowest BCUT2D eigenvalue weighted by Gasteiger charge is -2.16. The maximum absolute atomic E-state index is 5.64. The minimum Gasteiger partial charge on any atom is -0.271 e. The van der Waals surface area contributed by atoms with Crippen LogP contribution in [-0.2, 0) is 13.5 Å². The van der Waals surface area contributed by atoms with E-state index in [1.165, 1.54) is 0 Å². The van der Waals surface area contributed by atoms with Crippen LogP contribution in [0.4, 0.5) is 0 Å². The first-order chi connectivity index (χ1) is 8.60. The highest BCUT2D eigenvalue weighted by atomic mass is 15.3. The Labute approximate surface area is 106 Å². The van der Waals surface area contributed by atoms with Gasteiger partial charge in [0.2, 0.25) is 0 Å². The second kappa shape index (κ2) is 5.24. The van der Waals surface area contributed by atoms with Crippen molar-refractivity contribution in [3.05, 3.63) is 41.2 Å². The molecule has 0 amide bonds. The number of pyridine rings is 1. The van der Waals surface area contributed by atoms with Crippen LogP contribution in [-0.4, -0.2) is 19.7 Å². The molecule has 2 heterocycles. The largest absolute Gasteiger partial charge is 0.271 e. The fourth-order valence-electron chi connectivity index (χ4n) is 2.03. The highest BCUT2D eigenvalue weighted by molar-refractivity contribution is 5.24. The van der Waals surface area contributed by atoms with Gasteiger partial charge in [-0.25, -0.2) is 4.98 Å². The monoisotopic (exact) mass is 246 g/mol. The summed E-state index contributed by atoms with van der Waals surface area (Å²) < 4.78 is 1.76. The molecule has 0 aromatic carbocycles. The SMILES string of the molecule is Cc1cc(C(Cc2ncnn2C)NN)cc(C)n1. The van der Waals surface area contributed by atoms with Crippen LogP contribution in [0.25, 0.3) is 0 Å². The summed E-state index contributed by atoms with van der Waals surface area (Å²) in [6, 6.07) is 4.08. The molecule has 6 heteroatoms. The number of nitrogens with one attached hydrogen (secondary N) is 1. The van der Waals surface area contributed by atoms with Crippen LogP contribution >= 0.6 is 0 Å². The summed E-state index contributed by atoms with van der Waals surface area (Å²) in [7, 11) is 1.87. The van der Waals surface area contributed by atoms with Crippen LogP contribution in [0.2, 0.25) is 0 Å². The first kappa shape index (κ1) is 12.7. The molecule has 0 bridgehead atoms. The molecule has 0 saturated heterocycles. The van der Waals surface area contributed by atoms with E-state index in [0.29, 0.717) is 6.42 Å². The van der Waals surface area contributed by atoms with Gasteiger partial charge in [-0.3, -0.25) is 20.9 Å². The standard InChI is InChI=1S/C12H18N6/c1-8-4-10(5-9(2)16-8)11(17-13)6-12-14-7-15-18(12)3/h4-5,7,11,17H,6,13H2,1-3H3. The van der Waals surface area contributed by atoms with Crippen LogP contribution in [0.3, 0.4) is 0 Å². The van der Waals surface area contributed by atoms with Gasteiger partial charge in [-0.05, 0) is 31.5 Å². The number of nitrogens with two attached hydrogens (primary N) is 1. The molecule has 0 fully saturated rings. The number of hydrazine groups is 1. The van der Waals surface area contributed by atoms with E-state index in [2.05, 4.69) is 20.5 Å². The molecule has 3 N–H and O–H groups in total. The summed E-state index contributed by atoms with van der Waals surface area (Å²) in [5.41, 5.74) is 5.92. The average Bonchev–Trinajstić information content (AvgIpc) is 2.70. The zero-order valence-electron chi connectivity index (χ0n) is 10.9. The van der Waals surface area contributed by atoms with Gasteiger partial charge in [-0.2, -0.15) is 5.10 Å². The second-order valence-electron chi connectivity index (χ2n) is 4.41. The first-order valence-electron chi connectivity index (χ1n) is 5.84. The number of aromatic nitrogens is 4. The highest BCUT2D eigenvalue weighted by Crippen LogP contribution is 2.18. The molecule has 0 aliphatic carbocycles. The van der Waals surface area contributed by atoms with Crippen molar-refractivity contribution in [3.63, 3.8) is 0 Å². The summed E-state index contributed by atoms with van der Waals surface area (Å²) in [6.07, 6.45) is 2.24. The molecule has 96 valence electrons. The van der Waals surface area contributed by atoms with Crippen molar-refractivity contribution in [1.29, 1.82) is 0 Å². The molecule has 2 rings (SSSR count). The lowest BCUT2D eigenvalue weighted by atomic mass is 10.0. The number of hydrogen-bond acceptors (Lipinski definition) is 5. The Kier molecular flexibility index (Phi) is 3.69. The molecule has 0 aliphatic heterocycles. The molecule has 1 atom stereocenters. The molecule has 6 nitrogen and oxygen atoms in total. The minimum atomic E-state index is 0.00769. The van der Waals surface area contributed by atoms with Crippen LogP contribution in [0.5, 0.6) is 0 Å². The van der Waals surface area contributed by atoms with Gasteiger partial charge in [-0.1, -0.05) is 0 Å². The van der Waals surface area contributed by atoms with Gasteiger partial charge >= 0.3 is 0 Å². The van der Waals surface area contributed by atoms with Gasteiger partial charge in [0.1, 0.15) is 12.2 Å². The predicted octanol–water partition coefficient (Wildman–Crippen LogP) is 0.574. The molecular weight excluding hydrogens is 228 g/mol. The molecular formula is C12H18N6. The summed E-state index contributed by atoms with van der Waals surface area (Å²) in [5, 5.41) is 4.06. The summed E-state index contributed by atoms with van der Waals surface area (Å²) in [4.78, 5) is 8.58. The van der Waals surface area contributed by atoms with Crippen molar-refractivity contribution in [1.82, 2.24) is 25.2 Å². The van der Waals surface area contributed by atoms with Crippen molar-refractivity contribution in [2.24, 2.45) is 12.9 Å². The zero-order valence-corrected chi connectivity index (χ0v) is 10.9. The molecule has 0 saturated carbocycles. The van der Waals surface area contributed by atoms with E-state index < -0.39 is 0 Å². The number of hydrogen-bond donors (Lipinski definition) is 2. The Balaban J connectivity index is 2.25. The van der Waals surface area contributed by atoms with E-state index in [4.69, 9.17) is 5.84 Å². The maximum atomic E-state index is 5.64. The van der Waals surface area contributed by atoms with Gasteiger partial charge in [-0.15, -0.1) is 0 Å². The van der Waals surface area contributed by atoms with Crippen LogP contribution < -0.4 is 11.3 Å². The van der Waals surface area contributed by atoms with Crippen LogP contribution in [0, 0.1) is 13.8 Å². The lowest BCUT2D eigenvalue weighted by molar-refractivity contribution is 0.522. The molecule has 0 spiro atoms. The van der Waals surface area contributed by atoms with E-state index in [1.54, 1.807) is 11.0 Å². The van der Waals surface area contributed by atoms with Gasteiger partial charge in [0.15, 0.2) is 0 Å². The van der Waals surface area contributed by atoms with Gasteiger partial charge in [0, 0.05) is 24.9 Å². The number of nitrogens with zero attached hydrogens (tertiary/aromatic N) is 4. The van der Waals surface area contributed by atoms with Gasteiger partial charge in [0.05, 0.1) is 6.04 Å². The number of aryl methyl sites for hydroxylation is 3. The normalized spacial score (nSPS) is 12.7. The molecule has 18 heavy (non-hydrogen) atoms. The quantitative estimate of drug-likeness (QED) is 0.609. The van der Waals surface area contributed by atoms with E-state index in [1.807, 2.05) is 33.0 Å². The fraction of sp³-hybridized carbons (Fsp3) is 0.417. The molecule has 2 aromatic rings. The zero-order chi connectivity index (χ0) is 13.1. The van der Waals surface area contributed by atoms with Crippen molar-refractivity contribution >= 4 is 0 Å². The summed E-state index contributed by atoms with van der Waals surface area (Å²) >= 11 is 0. The Morgan fingerprint density at radius 2 is 2.00 bits per heavy atom. The third-order valence-corrected chi connectivity index (χ3v) is 2.90. The summed E-state index contributed by atoms with van der Waals surface area (Å²) in [5.74, 6) is 6.54. The highest BCUT2D eigenvalue weighted by Gasteiger charge is 2.14. The molecule has 0 aliphatic rings. The Morgan fingerprint density at radius 3 is 2.50 bits per heavy atom. The summed E-state index contributed by atoms with van der Waals surface area (Å²) in [6.45, 7) is 3.96. The van der Waals surface area contributed by atoms with E-state index >= 15 is 0 Å². The molecule has 0 radical (unpaired) electrons. The van der Waals surface area contributed by atoms with E-state index in [0.717, 1.165) is 22.8 Å². The predicted molar refractivity (Wildman–Crippen MR) is 68.5 cm³/mol. The Bertz CT molecular complexity index is 513. The average molecular weight is 246 g/mol. The van der Waals surface area contributed by atoms with Crippen molar-refractivity contribution < 1.29 is 0 Å². The third kappa shape index (κ3) is 2.72. The third-order valence-electron chi connectivity index (χ3n) is 2.90. The molecule has 1 unspecified atom stereocenters. The second-order valence-corrected chi connectivity index (χ2v) is 4.41. The molecule has 2 aromatic heterocycles. The van der Waals surface area contributed by atoms with Gasteiger partial charge < -0.3 is 0 Å². The van der Waals surface area contributed by atoms with Gasteiger partial charge in [0.25, 0.3) is 0 Å². The van der Waals surface area contributed by atoms with Crippen molar-refractivity contribution in [3.8, 4) is 0 Å². The topological polar surface area (TPSA) is 81.7 Å². The van der Waals surface area contributed by atoms with E-state index in [-0.39, 0.29) is 6.04 Å². The van der Waals surface area contributed by atoms with Crippen LogP contribution in [0.15, 0.2) is 18.5 Å². The van der Waals surface area contributed by atoms with E-state index in [9.17, 15) is 0 Å². The number of rotatable bonds is 4. The smallest absolute Gasteiger partial charge is 0.138 e. The minimum absolute atomic E-state index is 0.00769. The maximum Gasteiger partial charge on any atom is 0.138 e. The van der Waals surface area contributed by atoms with Crippen LogP contribution in [0.1, 0.15) is 28.8 Å². The van der Waals surface area contributed by atoms with Crippen molar-refractivity contribution in [2.45, 2.75) is 26.3 Å². The fourth-order valence-corrected chi connectivity index (χ4v) is 2.03. The first-order valence-corrected chi connectivity index (χ1v) is 5.84. The van der Waals surface area contributed by atoms with Crippen molar-refractivity contribution in [2.75, 3.05) is 0 Å². The Hall–Kier alpha value is -1.79. The lowest BCUT2D eigenvalue weighted by Crippen LogP contribution is -2.30.